The summed E-state index contributed by atoms with van der Waals surface area (Å²) in [5, 5.41) is 4.05. The summed E-state index contributed by atoms with van der Waals surface area (Å²) in [5.41, 5.74) is 0.634. The molecule has 3 heteroatoms. The highest BCUT2D eigenvalue weighted by Gasteiger charge is 2.46. The van der Waals surface area contributed by atoms with E-state index >= 15 is 0 Å². The van der Waals surface area contributed by atoms with Crippen molar-refractivity contribution in [3.05, 3.63) is 34.6 Å². The summed E-state index contributed by atoms with van der Waals surface area (Å²) in [6.45, 7) is 6.18. The van der Waals surface area contributed by atoms with E-state index in [1.54, 1.807) is 6.07 Å². The van der Waals surface area contributed by atoms with Crippen LogP contribution in [-0.4, -0.2) is 13.1 Å². The van der Waals surface area contributed by atoms with Crippen LogP contribution in [0.25, 0.3) is 0 Å². The molecule has 0 unspecified atom stereocenters. The first-order valence-corrected chi connectivity index (χ1v) is 8.16. The normalized spacial score (nSPS) is 25.5. The molecule has 1 saturated carbocycles. The third-order valence-corrected chi connectivity index (χ3v) is 4.75. The lowest BCUT2D eigenvalue weighted by atomic mass is 9.57. The quantitative estimate of drug-likeness (QED) is 0.704. The highest BCUT2D eigenvalue weighted by molar-refractivity contribution is 6.31. The Morgan fingerprint density at radius 2 is 2.05 bits per heavy atom. The van der Waals surface area contributed by atoms with Crippen molar-refractivity contribution in [2.24, 2.45) is 5.92 Å². The van der Waals surface area contributed by atoms with Crippen molar-refractivity contribution >= 4 is 11.6 Å². The van der Waals surface area contributed by atoms with E-state index in [0.717, 1.165) is 43.8 Å². The molecule has 0 aliphatic heterocycles. The van der Waals surface area contributed by atoms with E-state index in [9.17, 15) is 4.39 Å². The molecular weight excluding hydrogens is 273 g/mol. The van der Waals surface area contributed by atoms with E-state index in [-0.39, 0.29) is 11.2 Å². The molecule has 1 N–H and O–H groups in total. The molecule has 2 rings (SSSR count). The van der Waals surface area contributed by atoms with Crippen LogP contribution >= 0.6 is 11.6 Å². The van der Waals surface area contributed by atoms with E-state index in [1.807, 2.05) is 6.07 Å². The molecule has 0 spiro atoms. The Kier molecular flexibility index (Phi) is 5.45. The van der Waals surface area contributed by atoms with Crippen molar-refractivity contribution in [1.82, 2.24) is 5.32 Å². The number of hydrogen-bond donors (Lipinski definition) is 1. The Bertz CT molecular complexity index is 415. The first-order valence-electron chi connectivity index (χ1n) is 7.78. The van der Waals surface area contributed by atoms with Crippen molar-refractivity contribution in [2.75, 3.05) is 13.1 Å². The SMILES string of the molecule is CCCNCC1(c2c(F)cccc2Cl)CC(CCC)C1. The Hall–Kier alpha value is -0.600. The second kappa shape index (κ2) is 6.91. The molecule has 0 heterocycles. The van der Waals surface area contributed by atoms with E-state index in [0.29, 0.717) is 5.02 Å². The van der Waals surface area contributed by atoms with Gasteiger partial charge < -0.3 is 5.32 Å². The van der Waals surface area contributed by atoms with Crippen molar-refractivity contribution in [3.63, 3.8) is 0 Å². The maximum atomic E-state index is 14.3. The van der Waals surface area contributed by atoms with Crippen LogP contribution in [-0.2, 0) is 5.41 Å². The molecule has 1 aliphatic carbocycles. The topological polar surface area (TPSA) is 12.0 Å². The summed E-state index contributed by atoms with van der Waals surface area (Å²) in [5.74, 6) is 0.574. The van der Waals surface area contributed by atoms with Gasteiger partial charge in [-0.3, -0.25) is 0 Å². The van der Waals surface area contributed by atoms with Gasteiger partial charge in [0.2, 0.25) is 0 Å². The Labute approximate surface area is 126 Å². The largest absolute Gasteiger partial charge is 0.316 e. The Morgan fingerprint density at radius 3 is 2.65 bits per heavy atom. The third-order valence-electron chi connectivity index (χ3n) is 4.44. The van der Waals surface area contributed by atoms with Gasteiger partial charge in [0, 0.05) is 22.5 Å². The van der Waals surface area contributed by atoms with Crippen molar-refractivity contribution in [2.45, 2.75) is 51.4 Å². The van der Waals surface area contributed by atoms with Crippen LogP contribution in [0.1, 0.15) is 51.5 Å². The van der Waals surface area contributed by atoms with Crippen LogP contribution in [0.15, 0.2) is 18.2 Å². The fourth-order valence-electron chi connectivity index (χ4n) is 3.60. The summed E-state index contributed by atoms with van der Waals surface area (Å²) in [6.07, 6.45) is 5.64. The van der Waals surface area contributed by atoms with E-state index < -0.39 is 0 Å². The zero-order valence-electron chi connectivity index (χ0n) is 12.5. The molecule has 20 heavy (non-hydrogen) atoms. The number of nitrogens with one attached hydrogen (secondary N) is 1. The molecule has 0 bridgehead atoms. The average Bonchev–Trinajstić information content (AvgIpc) is 2.36. The van der Waals surface area contributed by atoms with Crippen LogP contribution in [0, 0.1) is 11.7 Å². The van der Waals surface area contributed by atoms with E-state index in [2.05, 4.69) is 19.2 Å². The second-order valence-corrected chi connectivity index (χ2v) is 6.52. The van der Waals surface area contributed by atoms with Crippen LogP contribution in [0.5, 0.6) is 0 Å². The summed E-state index contributed by atoms with van der Waals surface area (Å²) in [6, 6.07) is 5.04. The van der Waals surface area contributed by atoms with Gasteiger partial charge in [-0.2, -0.15) is 0 Å². The van der Waals surface area contributed by atoms with Gasteiger partial charge >= 0.3 is 0 Å². The van der Waals surface area contributed by atoms with Gasteiger partial charge in [-0.1, -0.05) is 44.4 Å². The summed E-state index contributed by atoms with van der Waals surface area (Å²) < 4.78 is 14.3. The lowest BCUT2D eigenvalue weighted by Crippen LogP contribution is -2.49. The highest BCUT2D eigenvalue weighted by atomic mass is 35.5. The predicted molar refractivity (Wildman–Crippen MR) is 83.9 cm³/mol. The number of halogens is 2. The van der Waals surface area contributed by atoms with Gasteiger partial charge in [-0.05, 0) is 43.9 Å². The van der Waals surface area contributed by atoms with Gasteiger partial charge in [-0.15, -0.1) is 0 Å². The first kappa shape index (κ1) is 15.8. The van der Waals surface area contributed by atoms with Crippen molar-refractivity contribution in [1.29, 1.82) is 0 Å². The lowest BCUT2D eigenvalue weighted by molar-refractivity contribution is 0.125. The molecule has 1 aliphatic rings. The fourth-order valence-corrected chi connectivity index (χ4v) is 3.97. The number of benzene rings is 1. The maximum absolute atomic E-state index is 14.3. The zero-order valence-corrected chi connectivity index (χ0v) is 13.3. The molecule has 0 saturated heterocycles. The predicted octanol–water partition coefficient (Wildman–Crippen LogP) is 4.93. The average molecular weight is 298 g/mol. The molecule has 1 fully saturated rings. The van der Waals surface area contributed by atoms with Crippen LogP contribution in [0.2, 0.25) is 5.02 Å². The number of hydrogen-bond acceptors (Lipinski definition) is 1. The Morgan fingerprint density at radius 1 is 1.30 bits per heavy atom. The van der Waals surface area contributed by atoms with Gasteiger partial charge in [0.25, 0.3) is 0 Å². The maximum Gasteiger partial charge on any atom is 0.128 e. The summed E-state index contributed by atoms with van der Waals surface area (Å²) in [4.78, 5) is 0. The first-order chi connectivity index (χ1) is 9.63. The van der Waals surface area contributed by atoms with Gasteiger partial charge in [0.05, 0.1) is 0 Å². The summed E-state index contributed by atoms with van der Waals surface area (Å²) in [7, 11) is 0. The molecule has 0 aromatic heterocycles. The van der Waals surface area contributed by atoms with Gasteiger partial charge in [0.1, 0.15) is 5.82 Å². The minimum Gasteiger partial charge on any atom is -0.316 e. The van der Waals surface area contributed by atoms with Crippen molar-refractivity contribution in [3.8, 4) is 0 Å². The standard InChI is InChI=1S/C17H25ClFN/c1-3-6-13-10-17(11-13,12-20-9-4-2)16-14(18)7-5-8-15(16)19/h5,7-8,13,20H,3-4,6,9-12H2,1-2H3. The lowest BCUT2D eigenvalue weighted by Gasteiger charge is -2.49. The molecule has 0 atom stereocenters. The molecule has 112 valence electrons. The minimum absolute atomic E-state index is 0.0998. The molecule has 0 radical (unpaired) electrons. The highest BCUT2D eigenvalue weighted by Crippen LogP contribution is 2.51. The van der Waals surface area contributed by atoms with E-state index in [1.165, 1.54) is 18.9 Å². The number of rotatable bonds is 7. The molecular formula is C17H25ClFN. The zero-order chi connectivity index (χ0) is 14.6. The molecule has 1 nitrogen and oxygen atoms in total. The monoisotopic (exact) mass is 297 g/mol. The van der Waals surface area contributed by atoms with Gasteiger partial charge in [-0.25, -0.2) is 4.39 Å². The molecule has 1 aromatic rings. The molecule has 0 amide bonds. The van der Waals surface area contributed by atoms with Crippen LogP contribution in [0.4, 0.5) is 4.39 Å². The second-order valence-electron chi connectivity index (χ2n) is 6.12. The van der Waals surface area contributed by atoms with Crippen molar-refractivity contribution < 1.29 is 4.39 Å². The Balaban J connectivity index is 2.19. The van der Waals surface area contributed by atoms with Crippen LogP contribution < -0.4 is 5.32 Å². The fraction of sp³-hybridized carbons (Fsp3) is 0.647. The molecule has 1 aromatic carbocycles. The summed E-state index contributed by atoms with van der Waals surface area (Å²) >= 11 is 6.30. The smallest absolute Gasteiger partial charge is 0.128 e. The van der Waals surface area contributed by atoms with Gasteiger partial charge in [0.15, 0.2) is 0 Å². The van der Waals surface area contributed by atoms with E-state index in [4.69, 9.17) is 11.6 Å². The minimum atomic E-state index is -0.147. The third kappa shape index (κ3) is 3.17. The van der Waals surface area contributed by atoms with Crippen LogP contribution in [0.3, 0.4) is 0 Å².